The van der Waals surface area contributed by atoms with E-state index in [1.54, 1.807) is 0 Å². The fraction of sp³-hybridized carbons (Fsp3) is 0.600. The minimum absolute atomic E-state index is 0. The maximum absolute atomic E-state index is 3.00. The summed E-state index contributed by atoms with van der Waals surface area (Å²) < 4.78 is 0. The standard InChI is InChI=1S/2C6H16N2.4C2H4.Fe.2Li/c2*1-7(2)5-6-8(3)4;4*1-2;;;/h2*5-6H2,1-4H3;4*1-2H2;;;/q;;;;;;;2*+1. The summed E-state index contributed by atoms with van der Waals surface area (Å²) in [4.78, 5) is 8.72. The molecule has 0 aliphatic rings. The molecule has 0 saturated carbocycles. The Morgan fingerprint density at radius 1 is 0.370 bits per heavy atom. The first kappa shape index (κ1) is 56.4. The predicted molar refractivity (Wildman–Crippen MR) is 119 cm³/mol. The third kappa shape index (κ3) is 144. The number of hydrogen-bond donors (Lipinski definition) is 0. The molecule has 0 fully saturated rings. The summed E-state index contributed by atoms with van der Waals surface area (Å²) in [5.74, 6) is 0. The Labute approximate surface area is 208 Å². The van der Waals surface area contributed by atoms with E-state index in [4.69, 9.17) is 0 Å². The predicted octanol–water partition coefficient (Wildman–Crippen LogP) is -2.57. The van der Waals surface area contributed by atoms with E-state index in [1.165, 1.54) is 0 Å². The average Bonchev–Trinajstić information content (AvgIpc) is 2.59. The molecule has 0 rings (SSSR count). The van der Waals surface area contributed by atoms with Gasteiger partial charge in [0.15, 0.2) is 0 Å². The van der Waals surface area contributed by atoms with Crippen LogP contribution in [-0.4, -0.2) is 102 Å². The Morgan fingerprint density at radius 2 is 0.444 bits per heavy atom. The van der Waals surface area contributed by atoms with E-state index >= 15 is 0 Å². The molecule has 0 saturated heterocycles. The van der Waals surface area contributed by atoms with E-state index in [1.807, 2.05) is 0 Å². The number of likely N-dealkylation sites (N-methyl/N-ethyl adjacent to an activating group) is 4. The van der Waals surface area contributed by atoms with Gasteiger partial charge < -0.3 is 19.6 Å². The fourth-order valence-corrected chi connectivity index (χ4v) is 0.800. The van der Waals surface area contributed by atoms with Crippen LogP contribution in [0.25, 0.3) is 0 Å². The summed E-state index contributed by atoms with van der Waals surface area (Å²) in [6.45, 7) is 28.6. The smallest absolute Gasteiger partial charge is 0.308 e. The molecule has 0 radical (unpaired) electrons. The molecule has 4 nitrogen and oxygen atoms in total. The first-order valence-electron chi connectivity index (χ1n) is 7.84. The van der Waals surface area contributed by atoms with Gasteiger partial charge in [0.1, 0.15) is 0 Å². The van der Waals surface area contributed by atoms with Gasteiger partial charge in [0.2, 0.25) is 0 Å². The van der Waals surface area contributed by atoms with Crippen molar-refractivity contribution in [3.8, 4) is 0 Å². The van der Waals surface area contributed by atoms with Crippen LogP contribution in [0.3, 0.4) is 0 Å². The molecule has 27 heavy (non-hydrogen) atoms. The second kappa shape index (κ2) is 63.3. The molecular formula is C20H48FeLi2N4+2. The van der Waals surface area contributed by atoms with Gasteiger partial charge in [-0.2, -0.15) is 0 Å². The summed E-state index contributed by atoms with van der Waals surface area (Å²) in [5.41, 5.74) is 0. The zero-order chi connectivity index (χ0) is 21.1. The summed E-state index contributed by atoms with van der Waals surface area (Å²) in [6, 6.07) is 0. The van der Waals surface area contributed by atoms with Crippen LogP contribution in [0.15, 0.2) is 52.6 Å². The van der Waals surface area contributed by atoms with Crippen molar-refractivity contribution < 1.29 is 54.8 Å². The second-order valence-electron chi connectivity index (χ2n) is 5.21. The molecule has 0 aromatic carbocycles. The molecule has 0 atom stereocenters. The van der Waals surface area contributed by atoms with E-state index in [9.17, 15) is 0 Å². The van der Waals surface area contributed by atoms with Gasteiger partial charge >= 0.3 is 37.7 Å². The molecule has 0 aliphatic carbocycles. The molecule has 0 heterocycles. The van der Waals surface area contributed by atoms with Crippen molar-refractivity contribution in [3.63, 3.8) is 0 Å². The third-order valence-electron chi connectivity index (χ3n) is 1.99. The number of hydrogen-bond acceptors (Lipinski definition) is 4. The molecular weight excluding hydrogens is 366 g/mol. The van der Waals surface area contributed by atoms with E-state index < -0.39 is 0 Å². The summed E-state index contributed by atoms with van der Waals surface area (Å²) in [7, 11) is 16.7. The molecule has 0 spiro atoms. The second-order valence-corrected chi connectivity index (χ2v) is 5.21. The van der Waals surface area contributed by atoms with Gasteiger partial charge in [-0.3, -0.25) is 0 Å². The topological polar surface area (TPSA) is 13.0 Å². The van der Waals surface area contributed by atoms with Crippen LogP contribution in [0.4, 0.5) is 0 Å². The quantitative estimate of drug-likeness (QED) is 0.350. The van der Waals surface area contributed by atoms with Crippen molar-refractivity contribution in [2.75, 3.05) is 82.6 Å². The molecule has 7 heteroatoms. The molecule has 0 amide bonds. The van der Waals surface area contributed by atoms with Crippen molar-refractivity contribution in [3.05, 3.63) is 52.6 Å². The van der Waals surface area contributed by atoms with Gasteiger partial charge in [-0.15, -0.1) is 52.6 Å². The molecule has 0 aromatic heterocycles. The van der Waals surface area contributed by atoms with Crippen LogP contribution in [0.1, 0.15) is 0 Å². The summed E-state index contributed by atoms with van der Waals surface area (Å²) >= 11 is 0. The zero-order valence-electron chi connectivity index (χ0n) is 20.6. The van der Waals surface area contributed by atoms with Gasteiger partial charge in [-0.1, -0.05) is 0 Å². The Morgan fingerprint density at radius 3 is 0.481 bits per heavy atom. The van der Waals surface area contributed by atoms with E-state index in [2.05, 4.69) is 129 Å². The monoisotopic (exact) mass is 414 g/mol. The Bertz CT molecular complexity index is 157. The number of rotatable bonds is 6. The van der Waals surface area contributed by atoms with Gasteiger partial charge in [0, 0.05) is 43.2 Å². The first-order chi connectivity index (χ1) is 11.3. The minimum Gasteiger partial charge on any atom is -0.308 e. The SMILES string of the molecule is C=C.C=C.C=C.C=C.CN(C)CCN(C)C.CN(C)CCN(C)C.[Fe].[Li+].[Li+]. The zero-order valence-corrected chi connectivity index (χ0v) is 21.7. The first-order valence-corrected chi connectivity index (χ1v) is 7.84. The molecule has 0 N–H and O–H groups in total. The van der Waals surface area contributed by atoms with Crippen LogP contribution >= 0.6 is 0 Å². The largest absolute Gasteiger partial charge is 1.00 e. The average molecular weight is 414 g/mol. The Kier molecular flexibility index (Phi) is 132. The van der Waals surface area contributed by atoms with Crippen LogP contribution in [-0.2, 0) is 17.1 Å². The molecule has 0 aliphatic heterocycles. The molecule has 0 aromatic rings. The molecule has 0 bridgehead atoms. The summed E-state index contributed by atoms with van der Waals surface area (Å²) in [6.07, 6.45) is 0. The summed E-state index contributed by atoms with van der Waals surface area (Å²) in [5, 5.41) is 0. The van der Waals surface area contributed by atoms with Crippen LogP contribution in [0, 0.1) is 0 Å². The van der Waals surface area contributed by atoms with Crippen molar-refractivity contribution in [1.82, 2.24) is 19.6 Å². The van der Waals surface area contributed by atoms with Crippen molar-refractivity contribution in [2.45, 2.75) is 0 Å². The van der Waals surface area contributed by atoms with E-state index in [0.717, 1.165) is 26.2 Å². The van der Waals surface area contributed by atoms with Crippen LogP contribution in [0.2, 0.25) is 0 Å². The van der Waals surface area contributed by atoms with Gasteiger partial charge in [0.05, 0.1) is 0 Å². The van der Waals surface area contributed by atoms with Gasteiger partial charge in [-0.05, 0) is 56.4 Å². The Hall–Kier alpha value is 0.514. The molecule has 156 valence electrons. The van der Waals surface area contributed by atoms with Crippen molar-refractivity contribution in [2.24, 2.45) is 0 Å². The molecule has 0 unspecified atom stereocenters. The van der Waals surface area contributed by atoms with E-state index in [-0.39, 0.29) is 54.8 Å². The maximum Gasteiger partial charge on any atom is 1.00 e. The van der Waals surface area contributed by atoms with Crippen molar-refractivity contribution in [1.29, 1.82) is 0 Å². The van der Waals surface area contributed by atoms with Crippen LogP contribution < -0.4 is 37.7 Å². The number of nitrogens with zero attached hydrogens (tertiary/aromatic N) is 4. The normalized spacial score (nSPS) is 7.26. The fourth-order valence-electron chi connectivity index (χ4n) is 0.800. The van der Waals surface area contributed by atoms with E-state index in [0.29, 0.717) is 0 Å². The van der Waals surface area contributed by atoms with Crippen molar-refractivity contribution >= 4 is 0 Å². The van der Waals surface area contributed by atoms with Gasteiger partial charge in [0.25, 0.3) is 0 Å². The third-order valence-corrected chi connectivity index (χ3v) is 1.99. The maximum atomic E-state index is 3.00. The van der Waals surface area contributed by atoms with Gasteiger partial charge in [-0.25, -0.2) is 0 Å². The Balaban J connectivity index is -0.0000000231. The van der Waals surface area contributed by atoms with Crippen LogP contribution in [0.5, 0.6) is 0 Å². The minimum atomic E-state index is 0.